The first-order valence-corrected chi connectivity index (χ1v) is 8.73. The molecular formula is C19H26N2O4. The van der Waals surface area contributed by atoms with Crippen molar-refractivity contribution in [2.75, 3.05) is 13.1 Å². The predicted octanol–water partition coefficient (Wildman–Crippen LogP) is 1.69. The molecule has 2 atom stereocenters. The van der Waals surface area contributed by atoms with Gasteiger partial charge in [-0.15, -0.1) is 0 Å². The Bertz CT molecular complexity index is 615. The average molecular weight is 346 g/mol. The number of carbonyl (C=O) groups is 3. The van der Waals surface area contributed by atoms with Gasteiger partial charge in [0.05, 0.1) is 12.3 Å². The third kappa shape index (κ3) is 5.31. The number of carboxylic acids is 1. The maximum atomic E-state index is 12.5. The number of amides is 2. The fourth-order valence-corrected chi connectivity index (χ4v) is 3.08. The van der Waals surface area contributed by atoms with Gasteiger partial charge in [0.15, 0.2) is 0 Å². The van der Waals surface area contributed by atoms with Gasteiger partial charge in [-0.2, -0.15) is 0 Å². The van der Waals surface area contributed by atoms with Crippen LogP contribution in [0.2, 0.25) is 0 Å². The molecule has 1 aromatic carbocycles. The van der Waals surface area contributed by atoms with Crippen LogP contribution >= 0.6 is 0 Å². The van der Waals surface area contributed by atoms with Crippen LogP contribution < -0.4 is 5.32 Å². The Labute approximate surface area is 148 Å². The number of carbonyl (C=O) groups excluding carboxylic acids is 2. The van der Waals surface area contributed by atoms with Crippen LogP contribution in [-0.2, 0) is 20.8 Å². The van der Waals surface area contributed by atoms with Gasteiger partial charge < -0.3 is 15.3 Å². The highest BCUT2D eigenvalue weighted by atomic mass is 16.4. The lowest BCUT2D eigenvalue weighted by atomic mass is 9.95. The summed E-state index contributed by atoms with van der Waals surface area (Å²) >= 11 is 0. The zero-order chi connectivity index (χ0) is 18.4. The summed E-state index contributed by atoms with van der Waals surface area (Å²) < 4.78 is 0. The maximum Gasteiger partial charge on any atom is 0.326 e. The molecule has 136 valence electrons. The summed E-state index contributed by atoms with van der Waals surface area (Å²) in [6, 6.07) is 8.61. The van der Waals surface area contributed by atoms with E-state index in [1.807, 2.05) is 30.3 Å². The third-order valence-corrected chi connectivity index (χ3v) is 4.57. The van der Waals surface area contributed by atoms with Crippen LogP contribution in [0.3, 0.4) is 0 Å². The second-order valence-electron chi connectivity index (χ2n) is 6.91. The first kappa shape index (κ1) is 19.0. The van der Waals surface area contributed by atoms with E-state index in [4.69, 9.17) is 0 Å². The quantitative estimate of drug-likeness (QED) is 0.821. The summed E-state index contributed by atoms with van der Waals surface area (Å²) in [5, 5.41) is 11.8. The summed E-state index contributed by atoms with van der Waals surface area (Å²) in [6.45, 7) is 4.51. The molecule has 1 aromatic rings. The Morgan fingerprint density at radius 1 is 1.24 bits per heavy atom. The number of likely N-dealkylation sites (tertiary alicyclic amines) is 1. The summed E-state index contributed by atoms with van der Waals surface area (Å²) in [5.41, 5.74) is 0.949. The van der Waals surface area contributed by atoms with Crippen LogP contribution in [-0.4, -0.2) is 46.9 Å². The van der Waals surface area contributed by atoms with E-state index in [2.05, 4.69) is 5.32 Å². The lowest BCUT2D eigenvalue weighted by molar-refractivity contribution is -0.145. The molecule has 2 amide bonds. The van der Waals surface area contributed by atoms with E-state index in [0.29, 0.717) is 25.9 Å². The lowest BCUT2D eigenvalue weighted by Crippen LogP contribution is -2.51. The minimum atomic E-state index is -1.03. The van der Waals surface area contributed by atoms with Gasteiger partial charge in [0.2, 0.25) is 11.8 Å². The van der Waals surface area contributed by atoms with E-state index >= 15 is 0 Å². The number of benzene rings is 1. The Hall–Kier alpha value is -2.37. The highest BCUT2D eigenvalue weighted by molar-refractivity contribution is 5.86. The zero-order valence-electron chi connectivity index (χ0n) is 14.8. The van der Waals surface area contributed by atoms with E-state index < -0.39 is 12.0 Å². The van der Waals surface area contributed by atoms with Crippen LogP contribution in [0, 0.1) is 11.8 Å². The molecule has 1 aliphatic heterocycles. The van der Waals surface area contributed by atoms with E-state index in [1.165, 1.54) is 0 Å². The molecule has 0 aromatic heterocycles. The molecule has 0 aliphatic carbocycles. The van der Waals surface area contributed by atoms with Crippen LogP contribution in [0.4, 0.5) is 0 Å². The molecule has 1 unspecified atom stereocenters. The van der Waals surface area contributed by atoms with Crippen LogP contribution in [0.5, 0.6) is 0 Å². The number of hydrogen-bond acceptors (Lipinski definition) is 3. The summed E-state index contributed by atoms with van der Waals surface area (Å²) in [4.78, 5) is 37.9. The maximum absolute atomic E-state index is 12.5. The van der Waals surface area contributed by atoms with Gasteiger partial charge in [0, 0.05) is 13.1 Å². The second-order valence-corrected chi connectivity index (χ2v) is 6.91. The van der Waals surface area contributed by atoms with Crippen molar-refractivity contribution in [1.82, 2.24) is 10.2 Å². The van der Waals surface area contributed by atoms with Gasteiger partial charge in [-0.1, -0.05) is 44.2 Å². The van der Waals surface area contributed by atoms with Crippen LogP contribution in [0.25, 0.3) is 0 Å². The van der Waals surface area contributed by atoms with Crippen molar-refractivity contribution in [2.24, 2.45) is 11.8 Å². The molecule has 0 saturated carbocycles. The number of piperidine rings is 1. The zero-order valence-corrected chi connectivity index (χ0v) is 14.8. The smallest absolute Gasteiger partial charge is 0.326 e. The highest BCUT2D eigenvalue weighted by Gasteiger charge is 2.31. The first-order chi connectivity index (χ1) is 11.9. The van der Waals surface area contributed by atoms with E-state index in [1.54, 1.807) is 18.7 Å². The Kier molecular flexibility index (Phi) is 6.56. The van der Waals surface area contributed by atoms with Gasteiger partial charge in [0.1, 0.15) is 6.04 Å². The Morgan fingerprint density at radius 3 is 2.52 bits per heavy atom. The van der Waals surface area contributed by atoms with Crippen molar-refractivity contribution in [3.63, 3.8) is 0 Å². The lowest BCUT2D eigenvalue weighted by Gasteiger charge is -2.33. The number of carboxylic acid groups (broad SMARTS) is 1. The minimum absolute atomic E-state index is 0.00217. The molecule has 25 heavy (non-hydrogen) atoms. The summed E-state index contributed by atoms with van der Waals surface area (Å²) in [6.07, 6.45) is 1.74. The van der Waals surface area contributed by atoms with Crippen LogP contribution in [0.1, 0.15) is 32.3 Å². The van der Waals surface area contributed by atoms with Crippen molar-refractivity contribution >= 4 is 17.8 Å². The monoisotopic (exact) mass is 346 g/mol. The molecule has 2 rings (SSSR count). The van der Waals surface area contributed by atoms with Crippen molar-refractivity contribution in [3.8, 4) is 0 Å². The Morgan fingerprint density at radius 2 is 1.92 bits per heavy atom. The molecule has 0 radical (unpaired) electrons. The SMILES string of the molecule is CC(C)[C@@H](NC(=O)C1CCCN(C(=O)Cc2ccccc2)C1)C(=O)O. The van der Waals surface area contributed by atoms with Gasteiger partial charge in [-0.05, 0) is 24.3 Å². The van der Waals surface area contributed by atoms with E-state index in [-0.39, 0.29) is 23.7 Å². The molecule has 1 saturated heterocycles. The van der Waals surface area contributed by atoms with Crippen molar-refractivity contribution in [3.05, 3.63) is 35.9 Å². The van der Waals surface area contributed by atoms with Crippen molar-refractivity contribution < 1.29 is 19.5 Å². The predicted molar refractivity (Wildman–Crippen MR) is 93.9 cm³/mol. The van der Waals surface area contributed by atoms with E-state index in [0.717, 1.165) is 12.0 Å². The summed E-state index contributed by atoms with van der Waals surface area (Å²) in [5.74, 6) is -1.85. The number of aliphatic carboxylic acids is 1. The molecule has 0 bridgehead atoms. The standard InChI is InChI=1S/C19H26N2O4/c1-13(2)17(19(24)25)20-18(23)15-9-6-10-21(12-15)16(22)11-14-7-4-3-5-8-14/h3-5,7-8,13,15,17H,6,9-12H2,1-2H3,(H,20,23)(H,24,25)/t15?,17-/m1/s1. The minimum Gasteiger partial charge on any atom is -0.480 e. The molecule has 2 N–H and O–H groups in total. The number of rotatable bonds is 6. The van der Waals surface area contributed by atoms with Gasteiger partial charge >= 0.3 is 5.97 Å². The molecular weight excluding hydrogens is 320 g/mol. The normalized spacial score (nSPS) is 18.7. The van der Waals surface area contributed by atoms with Gasteiger partial charge in [-0.25, -0.2) is 4.79 Å². The molecule has 1 aliphatic rings. The fraction of sp³-hybridized carbons (Fsp3) is 0.526. The molecule has 6 heteroatoms. The Balaban J connectivity index is 1.94. The van der Waals surface area contributed by atoms with Crippen LogP contribution in [0.15, 0.2) is 30.3 Å². The molecule has 1 heterocycles. The molecule has 1 fully saturated rings. The topological polar surface area (TPSA) is 86.7 Å². The van der Waals surface area contributed by atoms with E-state index in [9.17, 15) is 19.5 Å². The number of nitrogens with zero attached hydrogens (tertiary/aromatic N) is 1. The molecule has 0 spiro atoms. The highest BCUT2D eigenvalue weighted by Crippen LogP contribution is 2.18. The number of hydrogen-bond donors (Lipinski definition) is 2. The third-order valence-electron chi connectivity index (χ3n) is 4.57. The van der Waals surface area contributed by atoms with Gasteiger partial charge in [0.25, 0.3) is 0 Å². The summed E-state index contributed by atoms with van der Waals surface area (Å²) in [7, 11) is 0. The average Bonchev–Trinajstić information content (AvgIpc) is 2.59. The largest absolute Gasteiger partial charge is 0.480 e. The van der Waals surface area contributed by atoms with Gasteiger partial charge in [-0.3, -0.25) is 9.59 Å². The van der Waals surface area contributed by atoms with Crippen molar-refractivity contribution in [1.29, 1.82) is 0 Å². The number of nitrogens with one attached hydrogen (secondary N) is 1. The second kappa shape index (κ2) is 8.65. The van der Waals surface area contributed by atoms with Crippen molar-refractivity contribution in [2.45, 2.75) is 39.2 Å². The molecule has 6 nitrogen and oxygen atoms in total. The fourth-order valence-electron chi connectivity index (χ4n) is 3.08. The first-order valence-electron chi connectivity index (χ1n) is 8.73.